The van der Waals surface area contributed by atoms with Crippen LogP contribution in [-0.2, 0) is 15.8 Å². The predicted octanol–water partition coefficient (Wildman–Crippen LogP) is 4.00. The van der Waals surface area contributed by atoms with Gasteiger partial charge in [0.25, 0.3) is 0 Å². The molecular formula is C16H17ClFNO2S2. The van der Waals surface area contributed by atoms with E-state index in [2.05, 4.69) is 4.72 Å². The highest BCUT2D eigenvalue weighted by Crippen LogP contribution is 2.18. The second kappa shape index (κ2) is 8.15. The monoisotopic (exact) mass is 373 g/mol. The Kier molecular flexibility index (Phi) is 6.47. The van der Waals surface area contributed by atoms with Gasteiger partial charge in [0.1, 0.15) is 5.82 Å². The summed E-state index contributed by atoms with van der Waals surface area (Å²) in [6, 6.07) is 11.2. The van der Waals surface area contributed by atoms with Gasteiger partial charge in [0.05, 0.1) is 4.90 Å². The van der Waals surface area contributed by atoms with Crippen LogP contribution in [-0.4, -0.2) is 20.7 Å². The van der Waals surface area contributed by atoms with Gasteiger partial charge in [-0.1, -0.05) is 23.7 Å². The normalized spacial score (nSPS) is 11.6. The molecule has 0 radical (unpaired) electrons. The van der Waals surface area contributed by atoms with Gasteiger partial charge in [0, 0.05) is 23.1 Å². The van der Waals surface area contributed by atoms with Gasteiger partial charge < -0.3 is 0 Å². The lowest BCUT2D eigenvalue weighted by Crippen LogP contribution is -2.26. The molecule has 0 aliphatic rings. The maximum atomic E-state index is 13.0. The molecule has 7 heteroatoms. The van der Waals surface area contributed by atoms with Crippen LogP contribution >= 0.6 is 23.4 Å². The molecule has 0 saturated heterocycles. The molecule has 0 heterocycles. The van der Waals surface area contributed by atoms with E-state index in [0.717, 1.165) is 17.4 Å². The number of halogens is 2. The van der Waals surface area contributed by atoms with E-state index in [1.165, 1.54) is 12.1 Å². The van der Waals surface area contributed by atoms with Gasteiger partial charge in [-0.15, -0.1) is 0 Å². The lowest BCUT2D eigenvalue weighted by Gasteiger charge is -2.09. The van der Waals surface area contributed by atoms with Crippen molar-refractivity contribution in [2.24, 2.45) is 0 Å². The van der Waals surface area contributed by atoms with Gasteiger partial charge in [-0.3, -0.25) is 0 Å². The molecule has 3 nitrogen and oxygen atoms in total. The largest absolute Gasteiger partial charge is 0.240 e. The Labute approximate surface area is 145 Å². The van der Waals surface area contributed by atoms with Crippen molar-refractivity contribution < 1.29 is 12.8 Å². The molecule has 23 heavy (non-hydrogen) atoms. The van der Waals surface area contributed by atoms with Crippen molar-refractivity contribution in [2.45, 2.75) is 17.6 Å². The van der Waals surface area contributed by atoms with E-state index in [4.69, 9.17) is 11.6 Å². The summed E-state index contributed by atoms with van der Waals surface area (Å²) in [4.78, 5) is 0.110. The van der Waals surface area contributed by atoms with Gasteiger partial charge in [0.15, 0.2) is 0 Å². The summed E-state index contributed by atoms with van der Waals surface area (Å²) >= 11 is 7.52. The van der Waals surface area contributed by atoms with E-state index in [9.17, 15) is 12.8 Å². The van der Waals surface area contributed by atoms with Crippen molar-refractivity contribution in [1.82, 2.24) is 4.72 Å². The molecular weight excluding hydrogens is 357 g/mol. The fourth-order valence-corrected chi connectivity index (χ4v) is 4.46. The average Bonchev–Trinajstić information content (AvgIpc) is 2.46. The smallest absolute Gasteiger partial charge is 0.210 e. The lowest BCUT2D eigenvalue weighted by atomic mass is 10.2. The minimum atomic E-state index is -3.61. The third kappa shape index (κ3) is 5.49. The first kappa shape index (κ1) is 18.3. The molecule has 0 aliphatic carbocycles. The minimum Gasteiger partial charge on any atom is -0.210 e. The number of hydrogen-bond donors (Lipinski definition) is 1. The van der Waals surface area contributed by atoms with Crippen LogP contribution < -0.4 is 4.72 Å². The fourth-order valence-electron chi connectivity index (χ4n) is 2.06. The SMILES string of the molecule is Cc1cc(F)ccc1S(=O)(=O)NCCSCc1cccc(Cl)c1. The minimum absolute atomic E-state index is 0.110. The highest BCUT2D eigenvalue weighted by atomic mass is 35.5. The molecule has 0 amide bonds. The highest BCUT2D eigenvalue weighted by molar-refractivity contribution is 7.98. The highest BCUT2D eigenvalue weighted by Gasteiger charge is 2.16. The fraction of sp³-hybridized carbons (Fsp3) is 0.250. The zero-order valence-corrected chi connectivity index (χ0v) is 14.9. The molecule has 0 spiro atoms. The Hall–Kier alpha value is -1.08. The molecule has 0 unspecified atom stereocenters. The number of sulfonamides is 1. The number of aryl methyl sites for hydroxylation is 1. The van der Waals surface area contributed by atoms with Gasteiger partial charge in [-0.2, -0.15) is 11.8 Å². The third-order valence-corrected chi connectivity index (χ3v) is 6.01. The van der Waals surface area contributed by atoms with Crippen LogP contribution in [0.25, 0.3) is 0 Å². The topological polar surface area (TPSA) is 46.2 Å². The number of hydrogen-bond acceptors (Lipinski definition) is 3. The number of rotatable bonds is 7. The van der Waals surface area contributed by atoms with Gasteiger partial charge in [0.2, 0.25) is 10.0 Å². The molecule has 0 aromatic heterocycles. The van der Waals surface area contributed by atoms with Gasteiger partial charge >= 0.3 is 0 Å². The zero-order chi connectivity index (χ0) is 16.9. The first-order valence-electron chi connectivity index (χ1n) is 6.96. The van der Waals surface area contributed by atoms with Crippen LogP contribution in [0.2, 0.25) is 5.02 Å². The summed E-state index contributed by atoms with van der Waals surface area (Å²) in [6.07, 6.45) is 0. The van der Waals surface area contributed by atoms with Gasteiger partial charge in [-0.25, -0.2) is 17.5 Å². The Morgan fingerprint density at radius 2 is 2.00 bits per heavy atom. The predicted molar refractivity (Wildman–Crippen MR) is 93.9 cm³/mol. The van der Waals surface area contributed by atoms with Crippen molar-refractivity contribution in [3.8, 4) is 0 Å². The maximum absolute atomic E-state index is 13.0. The van der Waals surface area contributed by atoms with Gasteiger partial charge in [-0.05, 0) is 48.4 Å². The molecule has 2 aromatic rings. The third-order valence-electron chi connectivity index (χ3n) is 3.12. The van der Waals surface area contributed by atoms with E-state index in [-0.39, 0.29) is 4.90 Å². The molecule has 0 bridgehead atoms. The summed E-state index contributed by atoms with van der Waals surface area (Å²) in [6.45, 7) is 1.88. The van der Waals surface area contributed by atoms with Crippen molar-refractivity contribution >= 4 is 33.4 Å². The molecule has 2 rings (SSSR count). The van der Waals surface area contributed by atoms with E-state index < -0.39 is 15.8 Å². The van der Waals surface area contributed by atoms with E-state index in [1.54, 1.807) is 18.7 Å². The standard InChI is InChI=1S/C16H17ClFNO2S2/c1-12-9-15(18)5-6-16(12)23(20,21)19-7-8-22-11-13-3-2-4-14(17)10-13/h2-6,9-10,19H,7-8,11H2,1H3. The van der Waals surface area contributed by atoms with E-state index in [1.807, 2.05) is 24.3 Å². The second-order valence-corrected chi connectivity index (χ2v) is 8.27. The Morgan fingerprint density at radius 1 is 1.22 bits per heavy atom. The summed E-state index contributed by atoms with van der Waals surface area (Å²) in [5.74, 6) is 0.947. The summed E-state index contributed by atoms with van der Waals surface area (Å²) < 4.78 is 39.9. The van der Waals surface area contributed by atoms with Crippen molar-refractivity contribution in [3.63, 3.8) is 0 Å². The molecule has 124 valence electrons. The summed E-state index contributed by atoms with van der Waals surface area (Å²) in [5, 5.41) is 0.690. The van der Waals surface area contributed by atoms with Crippen LogP contribution in [0, 0.1) is 12.7 Å². The number of nitrogens with one attached hydrogen (secondary N) is 1. The molecule has 2 aromatic carbocycles. The van der Waals surface area contributed by atoms with E-state index >= 15 is 0 Å². The first-order valence-corrected chi connectivity index (χ1v) is 9.98. The molecule has 0 aliphatic heterocycles. The Morgan fingerprint density at radius 3 is 2.70 bits per heavy atom. The summed E-state index contributed by atoms with van der Waals surface area (Å²) in [7, 11) is -3.61. The van der Waals surface area contributed by atoms with Crippen molar-refractivity contribution in [2.75, 3.05) is 12.3 Å². The Balaban J connectivity index is 1.83. The lowest BCUT2D eigenvalue weighted by molar-refractivity contribution is 0.582. The summed E-state index contributed by atoms with van der Waals surface area (Å²) in [5.41, 5.74) is 1.49. The zero-order valence-electron chi connectivity index (χ0n) is 12.6. The van der Waals surface area contributed by atoms with Crippen LogP contribution in [0.5, 0.6) is 0 Å². The Bertz CT molecular complexity index is 781. The van der Waals surface area contributed by atoms with Crippen LogP contribution in [0.15, 0.2) is 47.4 Å². The van der Waals surface area contributed by atoms with E-state index in [0.29, 0.717) is 22.9 Å². The van der Waals surface area contributed by atoms with Crippen LogP contribution in [0.3, 0.4) is 0 Å². The number of thioether (sulfide) groups is 1. The average molecular weight is 374 g/mol. The molecule has 0 atom stereocenters. The number of benzene rings is 2. The van der Waals surface area contributed by atoms with Crippen LogP contribution in [0.4, 0.5) is 4.39 Å². The second-order valence-electron chi connectivity index (χ2n) is 4.99. The molecule has 1 N–H and O–H groups in total. The van der Waals surface area contributed by atoms with Crippen molar-refractivity contribution in [3.05, 3.63) is 64.4 Å². The quantitative estimate of drug-likeness (QED) is 0.746. The molecule has 0 saturated carbocycles. The maximum Gasteiger partial charge on any atom is 0.240 e. The van der Waals surface area contributed by atoms with Crippen molar-refractivity contribution in [1.29, 1.82) is 0 Å². The first-order chi connectivity index (χ1) is 10.9. The molecule has 0 fully saturated rings. The van der Waals surface area contributed by atoms with Crippen LogP contribution in [0.1, 0.15) is 11.1 Å².